The standard InChI is InChI=1S/C19H16F3NO2/c1-3-25-17-9-14-13(12-7-5-4-6-8-12)10-18(19(20,21)22)23-15(14)11-16(17)24-2/h4-11H,3H2,1-2H3. The lowest BCUT2D eigenvalue weighted by molar-refractivity contribution is -0.140. The van der Waals surface area contributed by atoms with E-state index in [1.54, 1.807) is 30.3 Å². The van der Waals surface area contributed by atoms with Crippen molar-refractivity contribution in [2.45, 2.75) is 13.1 Å². The van der Waals surface area contributed by atoms with Gasteiger partial charge in [-0.05, 0) is 30.2 Å². The van der Waals surface area contributed by atoms with Gasteiger partial charge in [0, 0.05) is 11.5 Å². The first-order chi connectivity index (χ1) is 11.9. The van der Waals surface area contributed by atoms with Crippen LogP contribution in [0.25, 0.3) is 22.0 Å². The Morgan fingerprint density at radius 3 is 2.32 bits per heavy atom. The summed E-state index contributed by atoms with van der Waals surface area (Å²) in [4.78, 5) is 3.78. The van der Waals surface area contributed by atoms with Gasteiger partial charge in [0.15, 0.2) is 11.5 Å². The largest absolute Gasteiger partial charge is 0.493 e. The molecule has 3 rings (SSSR count). The molecular formula is C19H16F3NO2. The van der Waals surface area contributed by atoms with Crippen molar-refractivity contribution in [3.8, 4) is 22.6 Å². The van der Waals surface area contributed by atoms with E-state index in [1.165, 1.54) is 13.2 Å². The third kappa shape index (κ3) is 3.38. The Balaban J connectivity index is 2.35. The molecule has 0 amide bonds. The highest BCUT2D eigenvalue weighted by atomic mass is 19.4. The van der Waals surface area contributed by atoms with Gasteiger partial charge in [0.1, 0.15) is 5.69 Å². The molecule has 0 atom stereocenters. The summed E-state index contributed by atoms with van der Waals surface area (Å²) in [7, 11) is 1.44. The Morgan fingerprint density at radius 1 is 1.00 bits per heavy atom. The van der Waals surface area contributed by atoms with E-state index < -0.39 is 11.9 Å². The minimum atomic E-state index is -4.54. The minimum Gasteiger partial charge on any atom is -0.493 e. The first kappa shape index (κ1) is 17.1. The summed E-state index contributed by atoms with van der Waals surface area (Å²) >= 11 is 0. The lowest BCUT2D eigenvalue weighted by atomic mass is 9.99. The van der Waals surface area contributed by atoms with Gasteiger partial charge in [0.2, 0.25) is 0 Å². The smallest absolute Gasteiger partial charge is 0.433 e. The van der Waals surface area contributed by atoms with Crippen LogP contribution >= 0.6 is 0 Å². The molecule has 0 spiro atoms. The van der Waals surface area contributed by atoms with Crippen LogP contribution in [0, 0.1) is 0 Å². The van der Waals surface area contributed by atoms with E-state index in [0.717, 1.165) is 6.07 Å². The Bertz CT molecular complexity index is 893. The molecule has 0 aliphatic carbocycles. The number of nitrogens with zero attached hydrogens (tertiary/aromatic N) is 1. The number of fused-ring (bicyclic) bond motifs is 1. The van der Waals surface area contributed by atoms with Gasteiger partial charge in [-0.1, -0.05) is 30.3 Å². The summed E-state index contributed by atoms with van der Waals surface area (Å²) in [6, 6.07) is 13.1. The van der Waals surface area contributed by atoms with Crippen molar-refractivity contribution in [3.63, 3.8) is 0 Å². The molecule has 3 nitrogen and oxygen atoms in total. The van der Waals surface area contributed by atoms with Crippen LogP contribution < -0.4 is 9.47 Å². The first-order valence-corrected chi connectivity index (χ1v) is 7.72. The number of hydrogen-bond donors (Lipinski definition) is 0. The van der Waals surface area contributed by atoms with Crippen molar-refractivity contribution >= 4 is 10.9 Å². The number of alkyl halides is 3. The van der Waals surface area contributed by atoms with Gasteiger partial charge in [-0.15, -0.1) is 0 Å². The molecule has 0 saturated heterocycles. The predicted molar refractivity (Wildman–Crippen MR) is 89.9 cm³/mol. The second-order valence-corrected chi connectivity index (χ2v) is 5.37. The summed E-state index contributed by atoms with van der Waals surface area (Å²) in [6.45, 7) is 2.24. The van der Waals surface area contributed by atoms with Gasteiger partial charge < -0.3 is 9.47 Å². The molecule has 1 heterocycles. The number of pyridine rings is 1. The van der Waals surface area contributed by atoms with E-state index >= 15 is 0 Å². The second kappa shape index (κ2) is 6.63. The fourth-order valence-electron chi connectivity index (χ4n) is 2.66. The fourth-order valence-corrected chi connectivity index (χ4v) is 2.66. The molecule has 0 aliphatic rings. The highest BCUT2D eigenvalue weighted by molar-refractivity contribution is 5.96. The number of halogens is 3. The molecule has 1 aromatic heterocycles. The molecule has 0 bridgehead atoms. The van der Waals surface area contributed by atoms with Crippen LogP contribution in [0.4, 0.5) is 13.2 Å². The summed E-state index contributed by atoms with van der Waals surface area (Å²) in [6.07, 6.45) is -4.54. The average molecular weight is 347 g/mol. The fraction of sp³-hybridized carbons (Fsp3) is 0.211. The number of rotatable bonds is 4. The number of benzene rings is 2. The van der Waals surface area contributed by atoms with Gasteiger partial charge >= 0.3 is 6.18 Å². The topological polar surface area (TPSA) is 31.4 Å². The average Bonchev–Trinajstić information content (AvgIpc) is 2.60. The zero-order valence-corrected chi connectivity index (χ0v) is 13.7. The van der Waals surface area contributed by atoms with Crippen LogP contribution in [-0.4, -0.2) is 18.7 Å². The molecule has 3 aromatic rings. The van der Waals surface area contributed by atoms with E-state index in [2.05, 4.69) is 4.98 Å². The van der Waals surface area contributed by atoms with E-state index in [9.17, 15) is 13.2 Å². The Labute approximate surface area is 143 Å². The number of methoxy groups -OCH3 is 1. The number of hydrogen-bond acceptors (Lipinski definition) is 3. The summed E-state index contributed by atoms with van der Waals surface area (Å²) in [5.41, 5.74) is 0.383. The van der Waals surface area contributed by atoms with E-state index in [4.69, 9.17) is 9.47 Å². The van der Waals surface area contributed by atoms with Crippen LogP contribution in [0.5, 0.6) is 11.5 Å². The van der Waals surface area contributed by atoms with E-state index in [1.807, 2.05) is 13.0 Å². The zero-order valence-electron chi connectivity index (χ0n) is 13.7. The monoisotopic (exact) mass is 347 g/mol. The van der Waals surface area contributed by atoms with Crippen molar-refractivity contribution in [3.05, 3.63) is 54.2 Å². The first-order valence-electron chi connectivity index (χ1n) is 7.72. The Kier molecular flexibility index (Phi) is 4.53. The van der Waals surface area contributed by atoms with Crippen LogP contribution in [-0.2, 0) is 6.18 Å². The van der Waals surface area contributed by atoms with Crippen molar-refractivity contribution in [2.75, 3.05) is 13.7 Å². The number of ether oxygens (including phenoxy) is 2. The maximum absolute atomic E-state index is 13.3. The van der Waals surface area contributed by atoms with Gasteiger partial charge in [-0.25, -0.2) is 4.98 Å². The molecule has 0 N–H and O–H groups in total. The molecule has 0 radical (unpaired) electrons. The SMILES string of the molecule is CCOc1cc2c(-c3ccccc3)cc(C(F)(F)F)nc2cc1OC. The molecule has 0 saturated carbocycles. The normalized spacial score (nSPS) is 11.6. The number of aromatic nitrogens is 1. The van der Waals surface area contributed by atoms with Crippen LogP contribution in [0.3, 0.4) is 0 Å². The second-order valence-electron chi connectivity index (χ2n) is 5.37. The summed E-state index contributed by atoms with van der Waals surface area (Å²) in [5.74, 6) is 0.816. The predicted octanol–water partition coefficient (Wildman–Crippen LogP) is 5.33. The van der Waals surface area contributed by atoms with Gasteiger partial charge in [-0.3, -0.25) is 0 Å². The Morgan fingerprint density at radius 2 is 1.72 bits per heavy atom. The van der Waals surface area contributed by atoms with Crippen molar-refractivity contribution in [2.24, 2.45) is 0 Å². The van der Waals surface area contributed by atoms with Crippen LogP contribution in [0.2, 0.25) is 0 Å². The lowest BCUT2D eigenvalue weighted by Crippen LogP contribution is -2.08. The summed E-state index contributed by atoms with van der Waals surface area (Å²) in [5, 5.41) is 0.573. The highest BCUT2D eigenvalue weighted by Crippen LogP contribution is 2.39. The third-order valence-electron chi connectivity index (χ3n) is 3.77. The van der Waals surface area contributed by atoms with Crippen molar-refractivity contribution in [1.29, 1.82) is 0 Å². The van der Waals surface area contributed by atoms with Gasteiger partial charge in [0.25, 0.3) is 0 Å². The quantitative estimate of drug-likeness (QED) is 0.639. The minimum absolute atomic E-state index is 0.203. The molecular weight excluding hydrogens is 331 g/mol. The van der Waals surface area contributed by atoms with Gasteiger partial charge in [-0.2, -0.15) is 13.2 Å². The maximum Gasteiger partial charge on any atom is 0.433 e. The zero-order chi connectivity index (χ0) is 18.0. The van der Waals surface area contributed by atoms with E-state index in [-0.39, 0.29) is 5.52 Å². The molecule has 6 heteroatoms. The molecule has 0 unspecified atom stereocenters. The van der Waals surface area contributed by atoms with Crippen molar-refractivity contribution in [1.82, 2.24) is 4.98 Å². The molecule has 2 aromatic carbocycles. The Hall–Kier alpha value is -2.76. The van der Waals surface area contributed by atoms with Crippen LogP contribution in [0.15, 0.2) is 48.5 Å². The van der Waals surface area contributed by atoms with Crippen LogP contribution in [0.1, 0.15) is 12.6 Å². The van der Waals surface area contributed by atoms with Gasteiger partial charge in [0.05, 0.1) is 19.2 Å². The highest BCUT2D eigenvalue weighted by Gasteiger charge is 2.33. The summed E-state index contributed by atoms with van der Waals surface area (Å²) < 4.78 is 50.6. The van der Waals surface area contributed by atoms with E-state index in [0.29, 0.717) is 34.6 Å². The maximum atomic E-state index is 13.3. The molecule has 130 valence electrons. The molecule has 25 heavy (non-hydrogen) atoms. The lowest BCUT2D eigenvalue weighted by Gasteiger charge is -2.15. The third-order valence-corrected chi connectivity index (χ3v) is 3.77. The molecule has 0 fully saturated rings. The van der Waals surface area contributed by atoms with Crippen molar-refractivity contribution < 1.29 is 22.6 Å². The molecule has 0 aliphatic heterocycles.